The number of carbonyl (C=O) groups is 2. The zero-order valence-electron chi connectivity index (χ0n) is 35.0. The van der Waals surface area contributed by atoms with Crippen molar-refractivity contribution in [3.63, 3.8) is 0 Å². The molecule has 0 saturated heterocycles. The van der Waals surface area contributed by atoms with Gasteiger partial charge < -0.3 is 24.5 Å². The first kappa shape index (κ1) is 46.8. The fraction of sp³-hybridized carbons (Fsp3) is 0.234. The molecule has 6 aromatic rings. The van der Waals surface area contributed by atoms with Gasteiger partial charge in [-0.05, 0) is 112 Å². The topological polar surface area (TPSA) is 200 Å². The minimum Gasteiger partial charge on any atom is -0.744 e. The van der Waals surface area contributed by atoms with Crippen molar-refractivity contribution in [2.45, 2.75) is 75.3 Å². The maximum absolute atomic E-state index is 12.9. The van der Waals surface area contributed by atoms with E-state index in [0.29, 0.717) is 11.3 Å². The van der Waals surface area contributed by atoms with Gasteiger partial charge in [0.25, 0.3) is 11.8 Å². The van der Waals surface area contributed by atoms with Gasteiger partial charge in [-0.2, -0.15) is 4.57 Å². The lowest BCUT2D eigenvalue weighted by molar-refractivity contribution is -0.671. The van der Waals surface area contributed by atoms with E-state index in [2.05, 4.69) is 58.4 Å². The highest BCUT2D eigenvalue weighted by Gasteiger charge is 2.30. The van der Waals surface area contributed by atoms with Gasteiger partial charge in [-0.3, -0.25) is 9.59 Å². The van der Waals surface area contributed by atoms with Crippen molar-refractivity contribution in [2.24, 2.45) is 0 Å². The van der Waals surface area contributed by atoms with Crippen LogP contribution in [0.3, 0.4) is 0 Å². The highest BCUT2D eigenvalue weighted by Crippen LogP contribution is 2.23. The Balaban J connectivity index is 0.000000267. The molecule has 0 bridgehead atoms. The lowest BCUT2D eigenvalue weighted by atomic mass is 9.86. The van der Waals surface area contributed by atoms with Crippen LogP contribution in [0, 0.1) is 13.8 Å². The van der Waals surface area contributed by atoms with E-state index in [9.17, 15) is 35.5 Å². The van der Waals surface area contributed by atoms with Gasteiger partial charge in [0, 0.05) is 46.5 Å². The van der Waals surface area contributed by atoms with E-state index in [1.165, 1.54) is 24.3 Å². The van der Waals surface area contributed by atoms with Crippen LogP contribution in [-0.4, -0.2) is 49.9 Å². The number of benzene rings is 4. The van der Waals surface area contributed by atoms with Crippen LogP contribution >= 0.6 is 0 Å². The summed E-state index contributed by atoms with van der Waals surface area (Å²) in [5.74, 6) is 0.144. The van der Waals surface area contributed by atoms with E-state index in [0.717, 1.165) is 70.5 Å². The third-order valence-corrected chi connectivity index (χ3v) is 11.5. The predicted octanol–water partition coefficient (Wildman–Crippen LogP) is 5.10. The summed E-state index contributed by atoms with van der Waals surface area (Å²) < 4.78 is 70.3. The summed E-state index contributed by atoms with van der Waals surface area (Å²) >= 11 is 0. The van der Waals surface area contributed by atoms with Gasteiger partial charge in [0.05, 0.1) is 15.3 Å². The molecule has 1 aliphatic carbocycles. The fourth-order valence-corrected chi connectivity index (χ4v) is 7.69. The van der Waals surface area contributed by atoms with Gasteiger partial charge in [0.15, 0.2) is 19.0 Å². The number of aromatic nitrogens is 2. The van der Waals surface area contributed by atoms with E-state index >= 15 is 0 Å². The first-order valence-corrected chi connectivity index (χ1v) is 22.8. The third-order valence-electron chi connectivity index (χ3n) is 9.82. The Labute approximate surface area is 362 Å². The van der Waals surface area contributed by atoms with Crippen LogP contribution in [0.2, 0.25) is 0 Å². The third kappa shape index (κ3) is 13.4. The highest BCUT2D eigenvalue weighted by atomic mass is 32.2. The smallest absolute Gasteiger partial charge is 0.258 e. The van der Waals surface area contributed by atoms with Crippen LogP contribution in [0.5, 0.6) is 5.75 Å². The number of carbonyl (C=O) groups excluding carboxylic acids is 2. The lowest BCUT2D eigenvalue weighted by Crippen LogP contribution is -2.54. The van der Waals surface area contributed by atoms with E-state index < -0.39 is 25.8 Å². The van der Waals surface area contributed by atoms with Crippen molar-refractivity contribution in [1.82, 2.24) is 5.32 Å². The molecular formula is C47H50N4O9S2. The molecule has 0 fully saturated rings. The molecule has 62 heavy (non-hydrogen) atoms. The number of fused-ring (bicyclic) bond motifs is 2. The number of hydrogen-bond acceptors (Lipinski definition) is 9. The van der Waals surface area contributed by atoms with Crippen molar-refractivity contribution in [1.29, 1.82) is 0 Å². The standard InChI is InChI=1S/C33H34N4O3.2C7H8O3S/c1-3-16-33(17-15-29-26(22-33)7-5-18-34-29)36-31(38)23-40-28-12-9-24(10-13-28)32(39)35-27-11-14-30-25(21-27)8-6-20-37(30)19-4-2;2*1-6-2-4-7(5-3-6)11(8,9)10/h5-15,18,20-22H,3-4,16-17,19,23H2,1-2H3,(H-,35,36,38,39);2*2-5H,1H3,(H,8,9,10). The van der Waals surface area contributed by atoms with Crippen LogP contribution in [0.25, 0.3) is 23.1 Å². The number of pyridine rings is 2. The SMILES string of the molecule is CCC[n+]1cccc2cc(NC(=O)c3ccc(OCC(=O)NC4(CCC)C=c5ccc[nH+]c5=CC4)cc3)ccc21.Cc1ccc(S(=O)(=O)[O-])cc1.Cc1ccc(S(=O)(=O)[O-])cc1. The van der Waals surface area contributed by atoms with Crippen molar-refractivity contribution in [3.05, 3.63) is 155 Å². The highest BCUT2D eigenvalue weighted by molar-refractivity contribution is 7.86. The average Bonchev–Trinajstić information content (AvgIpc) is 3.23. The number of nitrogens with zero attached hydrogens (tertiary/aromatic N) is 1. The van der Waals surface area contributed by atoms with Gasteiger partial charge >= 0.3 is 0 Å². The molecule has 7 rings (SSSR count). The maximum Gasteiger partial charge on any atom is 0.258 e. The predicted molar refractivity (Wildman–Crippen MR) is 234 cm³/mol. The van der Waals surface area contributed by atoms with E-state index in [1.54, 1.807) is 48.5 Å². The van der Waals surface area contributed by atoms with Crippen LogP contribution in [0.15, 0.2) is 137 Å². The number of rotatable bonds is 12. The molecule has 1 atom stereocenters. The summed E-state index contributed by atoms with van der Waals surface area (Å²) in [5.41, 5.74) is 3.81. The van der Waals surface area contributed by atoms with Gasteiger partial charge in [0.2, 0.25) is 10.9 Å². The number of anilines is 1. The van der Waals surface area contributed by atoms with Crippen molar-refractivity contribution >= 4 is 60.8 Å². The molecule has 0 spiro atoms. The first-order valence-electron chi connectivity index (χ1n) is 20.0. The Morgan fingerprint density at radius 3 is 2.00 bits per heavy atom. The Morgan fingerprint density at radius 2 is 1.42 bits per heavy atom. The normalized spacial score (nSPS) is 14.3. The van der Waals surface area contributed by atoms with Crippen LogP contribution in [0.4, 0.5) is 5.69 Å². The van der Waals surface area contributed by atoms with Gasteiger partial charge in [-0.1, -0.05) is 55.7 Å². The number of H-pyrrole nitrogens is 1. The molecule has 0 saturated carbocycles. The molecule has 3 N–H and O–H groups in total. The summed E-state index contributed by atoms with van der Waals surface area (Å²) in [7, 11) is -8.54. The molecule has 4 aromatic carbocycles. The minimum atomic E-state index is -4.27. The van der Waals surface area contributed by atoms with Gasteiger partial charge in [-0.25, -0.2) is 21.8 Å². The van der Waals surface area contributed by atoms with Crippen LogP contribution in [0.1, 0.15) is 61.0 Å². The first-order chi connectivity index (χ1) is 29.5. The second-order valence-electron chi connectivity index (χ2n) is 14.8. The molecule has 324 valence electrons. The second kappa shape index (κ2) is 21.0. The van der Waals surface area contributed by atoms with Crippen molar-refractivity contribution < 1.29 is 49.8 Å². The molecule has 1 unspecified atom stereocenters. The number of ether oxygens (including phenoxy) is 1. The summed E-state index contributed by atoms with van der Waals surface area (Å²) in [6.07, 6.45) is 11.8. The zero-order chi connectivity index (χ0) is 44.9. The summed E-state index contributed by atoms with van der Waals surface area (Å²) in [6.45, 7) is 8.76. The van der Waals surface area contributed by atoms with Gasteiger partial charge in [0.1, 0.15) is 32.5 Å². The second-order valence-corrected chi connectivity index (χ2v) is 17.6. The summed E-state index contributed by atoms with van der Waals surface area (Å²) in [4.78, 5) is 28.6. The quantitative estimate of drug-likeness (QED) is 0.124. The summed E-state index contributed by atoms with van der Waals surface area (Å²) in [6, 6.07) is 32.4. The largest absolute Gasteiger partial charge is 0.744 e. The number of aromatic amines is 1. The molecule has 2 heterocycles. The number of amides is 2. The Bertz CT molecular complexity index is 2780. The number of aryl methyl sites for hydroxylation is 3. The Morgan fingerprint density at radius 1 is 0.790 bits per heavy atom. The van der Waals surface area contributed by atoms with Crippen molar-refractivity contribution in [3.8, 4) is 5.75 Å². The maximum atomic E-state index is 12.9. The van der Waals surface area contributed by atoms with Gasteiger partial charge in [-0.15, -0.1) is 0 Å². The average molecular weight is 879 g/mol. The molecule has 0 aliphatic heterocycles. The molecule has 2 aromatic heterocycles. The minimum absolute atomic E-state index is 0.103. The fourth-order valence-electron chi connectivity index (χ4n) is 6.75. The van der Waals surface area contributed by atoms with Crippen molar-refractivity contribution in [2.75, 3.05) is 11.9 Å². The molecule has 13 nitrogen and oxygen atoms in total. The Kier molecular flexibility index (Phi) is 15.9. The van der Waals surface area contributed by atoms with E-state index in [1.807, 2.05) is 56.4 Å². The van der Waals surface area contributed by atoms with E-state index in [4.69, 9.17) is 4.74 Å². The molecular weight excluding hydrogens is 829 g/mol. The molecule has 1 aliphatic rings. The number of nitrogens with one attached hydrogen (secondary N) is 3. The van der Waals surface area contributed by atoms with Crippen LogP contribution in [-0.2, 0) is 31.6 Å². The Hall–Kier alpha value is -6.26. The molecule has 2 amide bonds. The number of hydrogen-bond donors (Lipinski definition) is 2. The van der Waals surface area contributed by atoms with Crippen LogP contribution < -0.4 is 35.5 Å². The monoisotopic (exact) mass is 878 g/mol. The zero-order valence-corrected chi connectivity index (χ0v) is 36.6. The summed E-state index contributed by atoms with van der Waals surface area (Å²) in [5, 5.41) is 9.40. The molecule has 0 radical (unpaired) electrons. The lowest BCUT2D eigenvalue weighted by Gasteiger charge is -2.31. The van der Waals surface area contributed by atoms with E-state index in [-0.39, 0.29) is 28.2 Å². The molecule has 15 heteroatoms.